The second-order valence-electron chi connectivity index (χ2n) is 19.6. The smallest absolute Gasteiger partial charge is 0.250 e. The van der Waals surface area contributed by atoms with Crippen molar-refractivity contribution in [2.45, 2.75) is 132 Å². The molecule has 0 radical (unpaired) electrons. The largest absolute Gasteiger partial charge is 0.319 e. The van der Waals surface area contributed by atoms with Crippen molar-refractivity contribution in [3.05, 3.63) is 167 Å². The van der Waals surface area contributed by atoms with Crippen LogP contribution in [0.15, 0.2) is 122 Å². The SMILES string of the molecule is CC(C)(C)C1=CCC(=O)C=C1.CC(C)(C)n1ccccc1=O.Cn1cc(C(C)(C)C)ccc1=O.Cn1ccc(C(C)(C)C)cc1=O.[C-]#[N+]c1ccn(C(C)(C)C)c(=O)c1. The Morgan fingerprint density at radius 2 is 1.08 bits per heavy atom. The third-order valence-electron chi connectivity index (χ3n) is 9.06. The fourth-order valence-electron chi connectivity index (χ4n) is 5.21. The monoisotopic (exact) mass is 808 g/mol. The Balaban J connectivity index is 0.000000369. The highest BCUT2D eigenvalue weighted by atomic mass is 16.1. The van der Waals surface area contributed by atoms with Gasteiger partial charge in [0.25, 0.3) is 11.1 Å². The Bertz CT molecular complexity index is 2360. The van der Waals surface area contributed by atoms with Crippen LogP contribution in [0.5, 0.6) is 0 Å². The number of ketones is 1. The van der Waals surface area contributed by atoms with Crippen molar-refractivity contribution in [1.82, 2.24) is 18.3 Å². The van der Waals surface area contributed by atoms with Crippen molar-refractivity contribution in [3.63, 3.8) is 0 Å². The van der Waals surface area contributed by atoms with E-state index in [1.165, 1.54) is 17.2 Å². The lowest BCUT2D eigenvalue weighted by atomic mass is 9.83. The van der Waals surface area contributed by atoms with Gasteiger partial charge in [0.2, 0.25) is 11.1 Å². The molecule has 0 unspecified atom stereocenters. The van der Waals surface area contributed by atoms with E-state index in [1.54, 1.807) is 75.0 Å². The van der Waals surface area contributed by atoms with Crippen LogP contribution in [0.2, 0.25) is 0 Å². The molecule has 0 bridgehead atoms. The molecule has 10 heteroatoms. The molecule has 0 aliphatic heterocycles. The fraction of sp³-hybridized carbons (Fsp3) is 0.469. The molecule has 0 aromatic carbocycles. The van der Waals surface area contributed by atoms with E-state index in [0.29, 0.717) is 12.1 Å². The van der Waals surface area contributed by atoms with Crippen molar-refractivity contribution < 1.29 is 4.79 Å². The minimum absolute atomic E-state index is 0.0444. The van der Waals surface area contributed by atoms with Gasteiger partial charge < -0.3 is 18.3 Å². The van der Waals surface area contributed by atoms with Crippen molar-refractivity contribution in [1.29, 1.82) is 0 Å². The summed E-state index contributed by atoms with van der Waals surface area (Å²) < 4.78 is 6.52. The normalized spacial score (nSPS) is 12.7. The second kappa shape index (κ2) is 20.9. The summed E-state index contributed by atoms with van der Waals surface area (Å²) in [6.45, 7) is 37.8. The zero-order valence-corrected chi connectivity index (χ0v) is 38.7. The molecule has 5 rings (SSSR count). The molecule has 4 heterocycles. The van der Waals surface area contributed by atoms with E-state index in [2.05, 4.69) is 67.2 Å². The lowest BCUT2D eigenvalue weighted by molar-refractivity contribution is -0.113. The number of allylic oxidation sites excluding steroid dienone is 4. The fourth-order valence-corrected chi connectivity index (χ4v) is 5.21. The molecule has 1 aliphatic carbocycles. The minimum Gasteiger partial charge on any atom is -0.319 e. The molecule has 0 fully saturated rings. The summed E-state index contributed by atoms with van der Waals surface area (Å²) in [5, 5.41) is 0. The number of rotatable bonds is 0. The average Bonchev–Trinajstić information content (AvgIpc) is 3.10. The first kappa shape index (κ1) is 51.5. The van der Waals surface area contributed by atoms with Gasteiger partial charge in [-0.15, -0.1) is 0 Å². The summed E-state index contributed by atoms with van der Waals surface area (Å²) in [6.07, 6.45) is 13.3. The van der Waals surface area contributed by atoms with Gasteiger partial charge in [-0.3, -0.25) is 24.0 Å². The van der Waals surface area contributed by atoms with Gasteiger partial charge >= 0.3 is 0 Å². The summed E-state index contributed by atoms with van der Waals surface area (Å²) in [7, 11) is 3.53. The number of carbonyl (C=O) groups excluding carboxylic acids is 1. The van der Waals surface area contributed by atoms with E-state index in [0.717, 1.165) is 5.56 Å². The zero-order chi connectivity index (χ0) is 45.7. The Hall–Kier alpha value is -5.56. The lowest BCUT2D eigenvalue weighted by Gasteiger charge is -2.21. The number of aromatic nitrogens is 4. The number of hydrogen-bond donors (Lipinski definition) is 0. The van der Waals surface area contributed by atoms with E-state index >= 15 is 0 Å². The summed E-state index contributed by atoms with van der Waals surface area (Å²) >= 11 is 0. The number of nitrogens with zero attached hydrogens (tertiary/aromatic N) is 5. The molecular formula is C49H69N5O5. The van der Waals surface area contributed by atoms with Crippen LogP contribution in [0.4, 0.5) is 5.69 Å². The topological polar surface area (TPSA) is 109 Å². The zero-order valence-electron chi connectivity index (χ0n) is 38.7. The van der Waals surface area contributed by atoms with Crippen LogP contribution in [0, 0.1) is 12.0 Å². The minimum atomic E-state index is -0.225. The van der Waals surface area contributed by atoms with Crippen molar-refractivity contribution in [2.75, 3.05) is 0 Å². The standard InChI is InChI=1S/C10H12N2O.2C10H15NO.C10H14O.C9H13NO/c1-10(2,3)12-6-5-8(11-4)7-9(12)13;1-10(2,3)8-5-6-11(4)9(12)7-8;1-10(2,3)8-5-6-9(12)11(4)7-8;1-10(2,3)8-4-6-9(11)7-5-8;1-9(2,3)10-7-5-4-6-8(10)11/h5-7H,1-3H3;2*5-7H,1-4H3;4-6H,7H2,1-3H3;4-7H,1-3H3. The molecule has 10 nitrogen and oxygen atoms in total. The molecule has 0 saturated heterocycles. The van der Waals surface area contributed by atoms with Crippen LogP contribution >= 0.6 is 0 Å². The van der Waals surface area contributed by atoms with Gasteiger partial charge in [-0.2, -0.15) is 0 Å². The Morgan fingerprint density at radius 1 is 0.525 bits per heavy atom. The van der Waals surface area contributed by atoms with E-state index in [-0.39, 0.29) is 55.3 Å². The number of aryl methyl sites for hydroxylation is 2. The Kier molecular flexibility index (Phi) is 18.2. The quantitative estimate of drug-likeness (QED) is 0.165. The number of carbonyl (C=O) groups is 1. The van der Waals surface area contributed by atoms with Gasteiger partial charge in [0.1, 0.15) is 0 Å². The molecule has 0 spiro atoms. The summed E-state index contributed by atoms with van der Waals surface area (Å²) in [5.41, 5.74) is 3.98. The first-order valence-corrected chi connectivity index (χ1v) is 19.8. The molecular weight excluding hydrogens is 739 g/mol. The highest BCUT2D eigenvalue weighted by Crippen LogP contribution is 2.28. The molecule has 0 atom stereocenters. The molecule has 320 valence electrons. The predicted octanol–water partition coefficient (Wildman–Crippen LogP) is 9.61. The highest BCUT2D eigenvalue weighted by Gasteiger charge is 2.18. The maximum atomic E-state index is 11.5. The van der Waals surface area contributed by atoms with Gasteiger partial charge in [-0.05, 0) is 105 Å². The average molecular weight is 808 g/mol. The van der Waals surface area contributed by atoms with Gasteiger partial charge in [0.05, 0.1) is 6.57 Å². The predicted molar refractivity (Wildman–Crippen MR) is 245 cm³/mol. The van der Waals surface area contributed by atoms with Crippen molar-refractivity contribution in [2.24, 2.45) is 19.5 Å². The molecule has 0 N–H and O–H groups in total. The van der Waals surface area contributed by atoms with Crippen molar-refractivity contribution in [3.8, 4) is 0 Å². The van der Waals surface area contributed by atoms with Crippen LogP contribution in [-0.4, -0.2) is 24.1 Å². The summed E-state index contributed by atoms with van der Waals surface area (Å²) in [4.78, 5) is 59.0. The maximum Gasteiger partial charge on any atom is 0.250 e. The van der Waals surface area contributed by atoms with Gasteiger partial charge in [-0.1, -0.05) is 86.6 Å². The first-order chi connectivity index (χ1) is 26.8. The van der Waals surface area contributed by atoms with Gasteiger partial charge in [0.15, 0.2) is 11.5 Å². The Labute approximate surface area is 352 Å². The molecule has 0 saturated carbocycles. The molecule has 0 amide bonds. The molecule has 4 aromatic rings. The lowest BCUT2D eigenvalue weighted by Crippen LogP contribution is -2.32. The van der Waals surface area contributed by atoms with E-state index in [9.17, 15) is 24.0 Å². The van der Waals surface area contributed by atoms with Crippen molar-refractivity contribution >= 4 is 11.5 Å². The van der Waals surface area contributed by atoms with Gasteiger partial charge in [0, 0.05) is 74.5 Å². The van der Waals surface area contributed by atoms with Crippen LogP contribution in [0.3, 0.4) is 0 Å². The third kappa shape index (κ3) is 17.9. The molecule has 59 heavy (non-hydrogen) atoms. The van der Waals surface area contributed by atoms with Crippen LogP contribution in [0.1, 0.15) is 121 Å². The number of hydrogen-bond acceptors (Lipinski definition) is 5. The maximum absolute atomic E-state index is 11.5. The number of pyridine rings is 4. The van der Waals surface area contributed by atoms with Gasteiger partial charge in [-0.25, -0.2) is 4.85 Å². The third-order valence-corrected chi connectivity index (χ3v) is 9.06. The molecule has 1 aliphatic rings. The van der Waals surface area contributed by atoms with E-state index in [1.807, 2.05) is 90.5 Å². The molecule has 4 aromatic heterocycles. The van der Waals surface area contributed by atoms with Crippen LogP contribution in [0.25, 0.3) is 4.85 Å². The van der Waals surface area contributed by atoms with E-state index < -0.39 is 0 Å². The van der Waals surface area contributed by atoms with Crippen LogP contribution < -0.4 is 22.2 Å². The van der Waals surface area contributed by atoms with Crippen LogP contribution in [-0.2, 0) is 40.8 Å². The summed E-state index contributed by atoms with van der Waals surface area (Å²) in [6, 6.07) is 15.4. The highest BCUT2D eigenvalue weighted by molar-refractivity contribution is 5.92. The second-order valence-corrected chi connectivity index (χ2v) is 19.6. The van der Waals surface area contributed by atoms with E-state index in [4.69, 9.17) is 6.57 Å². The first-order valence-electron chi connectivity index (χ1n) is 19.8. The summed E-state index contributed by atoms with van der Waals surface area (Å²) in [5.74, 6) is 0.206. The Morgan fingerprint density at radius 3 is 1.47 bits per heavy atom.